The van der Waals surface area contributed by atoms with E-state index >= 15 is 0 Å². The molecule has 0 aromatic rings. The van der Waals surface area contributed by atoms with E-state index in [1.165, 1.54) is 0 Å². The summed E-state index contributed by atoms with van der Waals surface area (Å²) in [5.74, 6) is -0.130. The van der Waals surface area contributed by atoms with Gasteiger partial charge in [0.1, 0.15) is 0 Å². The van der Waals surface area contributed by atoms with Gasteiger partial charge in [-0.1, -0.05) is 28.1 Å². The fourth-order valence-corrected chi connectivity index (χ4v) is 1.12. The van der Waals surface area contributed by atoms with Gasteiger partial charge in [0, 0.05) is 5.33 Å². The number of esters is 1. The Morgan fingerprint density at radius 1 is 1.46 bits per heavy atom. The molecule has 0 saturated heterocycles. The number of halogens is 1. The molecule has 0 aromatic carbocycles. The van der Waals surface area contributed by atoms with Crippen LogP contribution in [0.4, 0.5) is 0 Å². The zero-order chi connectivity index (χ0) is 10.3. The summed E-state index contributed by atoms with van der Waals surface area (Å²) in [6, 6.07) is 0. The van der Waals surface area contributed by atoms with Gasteiger partial charge in [-0.25, -0.2) is 0 Å². The molecule has 0 heterocycles. The fraction of sp³-hybridized carbons (Fsp3) is 0.700. The predicted octanol–water partition coefficient (Wildman–Crippen LogP) is 2.92. The number of ether oxygens (including phenoxy) is 1. The second-order valence-electron chi connectivity index (χ2n) is 3.43. The van der Waals surface area contributed by atoms with Gasteiger partial charge < -0.3 is 4.74 Å². The molecule has 0 bridgehead atoms. The quantitative estimate of drug-likeness (QED) is 0.425. The first kappa shape index (κ1) is 12.7. The van der Waals surface area contributed by atoms with Gasteiger partial charge in [0.2, 0.25) is 0 Å². The third-order valence-electron chi connectivity index (χ3n) is 1.71. The minimum Gasteiger partial charge on any atom is -0.466 e. The van der Waals surface area contributed by atoms with E-state index < -0.39 is 5.41 Å². The van der Waals surface area contributed by atoms with Crippen molar-refractivity contribution in [2.45, 2.75) is 27.2 Å². The molecule has 0 aliphatic carbocycles. The van der Waals surface area contributed by atoms with Gasteiger partial charge in [-0.15, -0.1) is 0 Å². The molecule has 0 atom stereocenters. The predicted molar refractivity (Wildman–Crippen MR) is 58.0 cm³/mol. The van der Waals surface area contributed by atoms with E-state index in [0.29, 0.717) is 6.61 Å². The van der Waals surface area contributed by atoms with Crippen LogP contribution in [-0.4, -0.2) is 17.9 Å². The highest BCUT2D eigenvalue weighted by molar-refractivity contribution is 9.09. The highest BCUT2D eigenvalue weighted by Crippen LogP contribution is 2.22. The minimum absolute atomic E-state index is 0.130. The van der Waals surface area contributed by atoms with Gasteiger partial charge in [0.25, 0.3) is 0 Å². The number of rotatable bonds is 5. The molecule has 0 spiro atoms. The molecule has 0 amide bonds. The molecule has 13 heavy (non-hydrogen) atoms. The number of hydrogen-bond donors (Lipinski definition) is 0. The van der Waals surface area contributed by atoms with Crippen LogP contribution in [0.5, 0.6) is 0 Å². The normalized spacial score (nSPS) is 12.0. The standard InChI is InChI=1S/C10H17BrO2/c1-4-13-9(12)10(2,3)7-5-6-8-11/h5-6H,4,7-8H2,1-3H3/b6-5+. The van der Waals surface area contributed by atoms with Crippen molar-refractivity contribution >= 4 is 21.9 Å². The Morgan fingerprint density at radius 3 is 2.54 bits per heavy atom. The van der Waals surface area contributed by atoms with Crippen LogP contribution in [0.1, 0.15) is 27.2 Å². The van der Waals surface area contributed by atoms with Gasteiger partial charge in [0.05, 0.1) is 12.0 Å². The minimum atomic E-state index is -0.408. The van der Waals surface area contributed by atoms with Crippen molar-refractivity contribution in [3.05, 3.63) is 12.2 Å². The molecule has 0 N–H and O–H groups in total. The van der Waals surface area contributed by atoms with Crippen LogP contribution in [0.3, 0.4) is 0 Å². The molecule has 76 valence electrons. The maximum atomic E-state index is 11.4. The Bertz CT molecular complexity index is 185. The molecular weight excluding hydrogens is 232 g/mol. The van der Waals surface area contributed by atoms with Crippen molar-refractivity contribution < 1.29 is 9.53 Å². The summed E-state index contributed by atoms with van der Waals surface area (Å²) in [4.78, 5) is 11.4. The Kier molecular flexibility index (Phi) is 6.04. The summed E-state index contributed by atoms with van der Waals surface area (Å²) in [5, 5.41) is 0.825. The maximum absolute atomic E-state index is 11.4. The lowest BCUT2D eigenvalue weighted by molar-refractivity contribution is -0.153. The Balaban J connectivity index is 4.05. The van der Waals surface area contributed by atoms with Crippen LogP contribution >= 0.6 is 15.9 Å². The van der Waals surface area contributed by atoms with E-state index in [0.717, 1.165) is 11.8 Å². The summed E-state index contributed by atoms with van der Waals surface area (Å²) >= 11 is 3.28. The van der Waals surface area contributed by atoms with Gasteiger partial charge in [0.15, 0.2) is 0 Å². The van der Waals surface area contributed by atoms with Crippen LogP contribution in [-0.2, 0) is 9.53 Å². The van der Waals surface area contributed by atoms with Crippen molar-refractivity contribution in [1.29, 1.82) is 0 Å². The van der Waals surface area contributed by atoms with E-state index in [1.807, 2.05) is 32.9 Å². The summed E-state index contributed by atoms with van der Waals surface area (Å²) in [5.41, 5.74) is -0.408. The molecule has 2 nitrogen and oxygen atoms in total. The van der Waals surface area contributed by atoms with Crippen molar-refractivity contribution in [2.24, 2.45) is 5.41 Å². The van der Waals surface area contributed by atoms with E-state index in [1.54, 1.807) is 0 Å². The molecule has 0 fully saturated rings. The fourth-order valence-electron chi connectivity index (χ4n) is 0.851. The van der Waals surface area contributed by atoms with Crippen LogP contribution in [0.2, 0.25) is 0 Å². The van der Waals surface area contributed by atoms with Crippen molar-refractivity contribution in [1.82, 2.24) is 0 Å². The lowest BCUT2D eigenvalue weighted by atomic mass is 9.89. The third-order valence-corrected chi connectivity index (χ3v) is 2.09. The van der Waals surface area contributed by atoms with Crippen LogP contribution in [0, 0.1) is 5.41 Å². The van der Waals surface area contributed by atoms with E-state index in [9.17, 15) is 4.79 Å². The molecule has 0 aliphatic heterocycles. The molecule has 0 saturated carbocycles. The van der Waals surface area contributed by atoms with Crippen molar-refractivity contribution in [3.63, 3.8) is 0 Å². The molecular formula is C10H17BrO2. The summed E-state index contributed by atoms with van der Waals surface area (Å²) in [7, 11) is 0. The zero-order valence-corrected chi connectivity index (χ0v) is 10.1. The second kappa shape index (κ2) is 6.19. The van der Waals surface area contributed by atoms with Gasteiger partial charge >= 0.3 is 5.97 Å². The highest BCUT2D eigenvalue weighted by Gasteiger charge is 2.27. The van der Waals surface area contributed by atoms with E-state index in [-0.39, 0.29) is 5.97 Å². The lowest BCUT2D eigenvalue weighted by Gasteiger charge is -2.19. The zero-order valence-electron chi connectivity index (χ0n) is 8.47. The first-order valence-electron chi connectivity index (χ1n) is 4.42. The van der Waals surface area contributed by atoms with Crippen LogP contribution in [0.15, 0.2) is 12.2 Å². The van der Waals surface area contributed by atoms with E-state index in [2.05, 4.69) is 15.9 Å². The Hall–Kier alpha value is -0.310. The monoisotopic (exact) mass is 248 g/mol. The number of allylic oxidation sites excluding steroid dienone is 2. The highest BCUT2D eigenvalue weighted by atomic mass is 79.9. The van der Waals surface area contributed by atoms with Gasteiger partial charge in [-0.3, -0.25) is 4.79 Å². The van der Waals surface area contributed by atoms with Crippen molar-refractivity contribution in [2.75, 3.05) is 11.9 Å². The maximum Gasteiger partial charge on any atom is 0.311 e. The average molecular weight is 249 g/mol. The lowest BCUT2D eigenvalue weighted by Crippen LogP contribution is -2.25. The average Bonchev–Trinajstić information content (AvgIpc) is 2.05. The number of hydrogen-bond acceptors (Lipinski definition) is 2. The van der Waals surface area contributed by atoms with Crippen molar-refractivity contribution in [3.8, 4) is 0 Å². The molecule has 3 heteroatoms. The molecule has 0 aliphatic rings. The third kappa shape index (κ3) is 5.09. The first-order valence-corrected chi connectivity index (χ1v) is 5.55. The smallest absolute Gasteiger partial charge is 0.311 e. The summed E-state index contributed by atoms with van der Waals surface area (Å²) in [6.45, 7) is 6.06. The number of alkyl halides is 1. The topological polar surface area (TPSA) is 26.3 Å². The SMILES string of the molecule is CCOC(=O)C(C)(C)C/C=C/CBr. The Morgan fingerprint density at radius 2 is 2.08 bits per heavy atom. The number of carbonyl (C=O) groups is 1. The second-order valence-corrected chi connectivity index (χ2v) is 4.08. The molecule has 0 rings (SSSR count). The summed E-state index contributed by atoms with van der Waals surface area (Å²) < 4.78 is 4.95. The first-order chi connectivity index (χ1) is 6.04. The van der Waals surface area contributed by atoms with Crippen LogP contribution < -0.4 is 0 Å². The molecule has 0 unspecified atom stereocenters. The van der Waals surface area contributed by atoms with Gasteiger partial charge in [-0.05, 0) is 27.2 Å². The largest absolute Gasteiger partial charge is 0.466 e. The Labute approximate surface area is 88.5 Å². The van der Waals surface area contributed by atoms with Crippen LogP contribution in [0.25, 0.3) is 0 Å². The molecule has 0 radical (unpaired) electrons. The van der Waals surface area contributed by atoms with Gasteiger partial charge in [-0.2, -0.15) is 0 Å². The number of carbonyl (C=O) groups excluding carboxylic acids is 1. The molecule has 0 aromatic heterocycles. The summed E-state index contributed by atoms with van der Waals surface area (Å²) in [6.07, 6.45) is 4.70. The van der Waals surface area contributed by atoms with E-state index in [4.69, 9.17) is 4.74 Å².